The second kappa shape index (κ2) is 4.57. The van der Waals surface area contributed by atoms with E-state index in [1.807, 2.05) is 26.1 Å². The first-order chi connectivity index (χ1) is 7.70. The lowest BCUT2D eigenvalue weighted by atomic mass is 10.2. The van der Waals surface area contributed by atoms with Crippen molar-refractivity contribution >= 4 is 21.7 Å². The first-order valence-electron chi connectivity index (χ1n) is 4.84. The van der Waals surface area contributed by atoms with Crippen LogP contribution in [0.25, 0.3) is 11.4 Å². The molecule has 2 aromatic rings. The summed E-state index contributed by atoms with van der Waals surface area (Å²) in [6.45, 7) is 1.95. The van der Waals surface area contributed by atoms with E-state index in [4.69, 9.17) is 0 Å². The summed E-state index contributed by atoms with van der Waals surface area (Å²) in [6, 6.07) is 3.91. The SMILES string of the molecule is CNc1nc(-c2ccc(C)nc2)ncc1Br. The second-order valence-electron chi connectivity index (χ2n) is 3.33. The van der Waals surface area contributed by atoms with Crippen LogP contribution >= 0.6 is 15.9 Å². The maximum Gasteiger partial charge on any atom is 0.163 e. The van der Waals surface area contributed by atoms with Gasteiger partial charge in [-0.25, -0.2) is 9.97 Å². The van der Waals surface area contributed by atoms with Gasteiger partial charge in [0.2, 0.25) is 0 Å². The fraction of sp³-hybridized carbons (Fsp3) is 0.182. The quantitative estimate of drug-likeness (QED) is 0.918. The normalized spacial score (nSPS) is 10.2. The molecule has 4 nitrogen and oxygen atoms in total. The third-order valence-electron chi connectivity index (χ3n) is 2.15. The Morgan fingerprint density at radius 3 is 2.62 bits per heavy atom. The first kappa shape index (κ1) is 11.0. The zero-order chi connectivity index (χ0) is 11.5. The minimum Gasteiger partial charge on any atom is -0.372 e. The number of aryl methyl sites for hydroxylation is 1. The summed E-state index contributed by atoms with van der Waals surface area (Å²) in [7, 11) is 1.82. The van der Waals surface area contributed by atoms with Gasteiger partial charge in [-0.15, -0.1) is 0 Å². The van der Waals surface area contributed by atoms with Gasteiger partial charge >= 0.3 is 0 Å². The van der Waals surface area contributed by atoms with E-state index in [0.717, 1.165) is 21.5 Å². The number of hydrogen-bond acceptors (Lipinski definition) is 4. The molecule has 0 unspecified atom stereocenters. The number of halogens is 1. The molecule has 0 fully saturated rings. The van der Waals surface area contributed by atoms with Gasteiger partial charge in [0, 0.05) is 30.7 Å². The van der Waals surface area contributed by atoms with Gasteiger partial charge in [-0.05, 0) is 35.0 Å². The van der Waals surface area contributed by atoms with Gasteiger partial charge in [-0.1, -0.05) is 0 Å². The molecule has 0 aliphatic carbocycles. The molecule has 0 amide bonds. The van der Waals surface area contributed by atoms with Crippen molar-refractivity contribution in [1.82, 2.24) is 15.0 Å². The Kier molecular flexibility index (Phi) is 3.14. The summed E-state index contributed by atoms with van der Waals surface area (Å²) < 4.78 is 0.846. The predicted octanol–water partition coefficient (Wildman–Crippen LogP) is 2.65. The molecule has 2 rings (SSSR count). The summed E-state index contributed by atoms with van der Waals surface area (Å²) in [5.74, 6) is 1.44. The summed E-state index contributed by atoms with van der Waals surface area (Å²) in [5.41, 5.74) is 1.89. The first-order valence-corrected chi connectivity index (χ1v) is 5.63. The molecule has 0 aliphatic rings. The predicted molar refractivity (Wildman–Crippen MR) is 67.2 cm³/mol. The molecule has 2 aromatic heterocycles. The molecular weight excluding hydrogens is 268 g/mol. The summed E-state index contributed by atoms with van der Waals surface area (Å²) in [5, 5.41) is 3.00. The largest absolute Gasteiger partial charge is 0.372 e. The summed E-state index contributed by atoms with van der Waals surface area (Å²) >= 11 is 3.37. The minimum atomic E-state index is 0.667. The average Bonchev–Trinajstić information content (AvgIpc) is 2.31. The molecule has 0 bridgehead atoms. The Morgan fingerprint density at radius 2 is 2.00 bits per heavy atom. The van der Waals surface area contributed by atoms with E-state index in [1.165, 1.54) is 0 Å². The third-order valence-corrected chi connectivity index (χ3v) is 2.73. The van der Waals surface area contributed by atoms with Crippen molar-refractivity contribution in [3.8, 4) is 11.4 Å². The highest BCUT2D eigenvalue weighted by Gasteiger charge is 2.05. The van der Waals surface area contributed by atoms with E-state index in [-0.39, 0.29) is 0 Å². The third kappa shape index (κ3) is 2.19. The number of nitrogens with zero attached hydrogens (tertiary/aromatic N) is 3. The Bertz CT molecular complexity index is 496. The molecule has 5 heteroatoms. The highest BCUT2D eigenvalue weighted by atomic mass is 79.9. The van der Waals surface area contributed by atoms with Crippen LogP contribution in [0, 0.1) is 6.92 Å². The van der Waals surface area contributed by atoms with Crippen molar-refractivity contribution in [2.75, 3.05) is 12.4 Å². The van der Waals surface area contributed by atoms with E-state index in [9.17, 15) is 0 Å². The van der Waals surface area contributed by atoms with Crippen molar-refractivity contribution in [2.45, 2.75) is 6.92 Å². The number of rotatable bonds is 2. The Hall–Kier alpha value is -1.49. The topological polar surface area (TPSA) is 50.7 Å². The van der Waals surface area contributed by atoms with Gasteiger partial charge in [-0.2, -0.15) is 0 Å². The van der Waals surface area contributed by atoms with Gasteiger partial charge in [-0.3, -0.25) is 4.98 Å². The van der Waals surface area contributed by atoms with Crippen LogP contribution in [-0.4, -0.2) is 22.0 Å². The number of hydrogen-bond donors (Lipinski definition) is 1. The lowest BCUT2D eigenvalue weighted by molar-refractivity contribution is 1.13. The minimum absolute atomic E-state index is 0.667. The lowest BCUT2D eigenvalue weighted by Crippen LogP contribution is -1.97. The van der Waals surface area contributed by atoms with E-state index >= 15 is 0 Å². The Labute approximate surface area is 102 Å². The number of nitrogens with one attached hydrogen (secondary N) is 1. The average molecular weight is 279 g/mol. The lowest BCUT2D eigenvalue weighted by Gasteiger charge is -2.05. The van der Waals surface area contributed by atoms with Crippen LogP contribution in [-0.2, 0) is 0 Å². The van der Waals surface area contributed by atoms with Crippen LogP contribution in [0.1, 0.15) is 5.69 Å². The van der Waals surface area contributed by atoms with Gasteiger partial charge in [0.05, 0.1) is 4.47 Å². The summed E-state index contributed by atoms with van der Waals surface area (Å²) in [6.07, 6.45) is 3.51. The molecule has 0 saturated heterocycles. The van der Waals surface area contributed by atoms with Crippen LogP contribution in [0.4, 0.5) is 5.82 Å². The molecule has 16 heavy (non-hydrogen) atoms. The van der Waals surface area contributed by atoms with E-state index in [1.54, 1.807) is 12.4 Å². The van der Waals surface area contributed by atoms with E-state index < -0.39 is 0 Å². The molecule has 0 aliphatic heterocycles. The van der Waals surface area contributed by atoms with Crippen molar-refractivity contribution in [3.05, 3.63) is 34.7 Å². The fourth-order valence-electron chi connectivity index (χ4n) is 1.28. The molecule has 2 heterocycles. The Balaban J connectivity index is 2.44. The van der Waals surface area contributed by atoms with Crippen molar-refractivity contribution < 1.29 is 0 Å². The van der Waals surface area contributed by atoms with E-state index in [2.05, 4.69) is 36.2 Å². The summed E-state index contributed by atoms with van der Waals surface area (Å²) in [4.78, 5) is 12.9. The number of anilines is 1. The molecule has 0 spiro atoms. The second-order valence-corrected chi connectivity index (χ2v) is 4.18. The van der Waals surface area contributed by atoms with Crippen LogP contribution in [0.5, 0.6) is 0 Å². The molecule has 1 N–H and O–H groups in total. The van der Waals surface area contributed by atoms with Gasteiger partial charge in [0.15, 0.2) is 5.82 Å². The van der Waals surface area contributed by atoms with Crippen LogP contribution in [0.3, 0.4) is 0 Å². The number of aromatic nitrogens is 3. The van der Waals surface area contributed by atoms with Crippen LogP contribution < -0.4 is 5.32 Å². The van der Waals surface area contributed by atoms with Crippen molar-refractivity contribution in [1.29, 1.82) is 0 Å². The van der Waals surface area contributed by atoms with Crippen molar-refractivity contribution in [2.24, 2.45) is 0 Å². The van der Waals surface area contributed by atoms with Gasteiger partial charge in [0.1, 0.15) is 5.82 Å². The molecule has 0 radical (unpaired) electrons. The Morgan fingerprint density at radius 1 is 1.19 bits per heavy atom. The van der Waals surface area contributed by atoms with Crippen LogP contribution in [0.2, 0.25) is 0 Å². The van der Waals surface area contributed by atoms with Gasteiger partial charge in [0.25, 0.3) is 0 Å². The monoisotopic (exact) mass is 278 g/mol. The smallest absolute Gasteiger partial charge is 0.163 e. The van der Waals surface area contributed by atoms with Crippen LogP contribution in [0.15, 0.2) is 29.0 Å². The number of pyridine rings is 1. The fourth-order valence-corrected chi connectivity index (χ4v) is 1.67. The molecule has 0 saturated carbocycles. The highest BCUT2D eigenvalue weighted by molar-refractivity contribution is 9.10. The zero-order valence-electron chi connectivity index (χ0n) is 9.03. The van der Waals surface area contributed by atoms with E-state index in [0.29, 0.717) is 5.82 Å². The van der Waals surface area contributed by atoms with Crippen molar-refractivity contribution in [3.63, 3.8) is 0 Å². The zero-order valence-corrected chi connectivity index (χ0v) is 10.6. The molecular formula is C11H11BrN4. The maximum atomic E-state index is 4.38. The highest BCUT2D eigenvalue weighted by Crippen LogP contribution is 2.22. The molecule has 0 atom stereocenters. The van der Waals surface area contributed by atoms with Gasteiger partial charge < -0.3 is 5.32 Å². The standard InChI is InChI=1S/C11H11BrN4/c1-7-3-4-8(5-14-7)10-15-6-9(12)11(13-2)16-10/h3-6H,1-2H3,(H,13,15,16). The molecule has 0 aromatic carbocycles. The molecule has 82 valence electrons. The maximum absolute atomic E-state index is 4.38.